The quantitative estimate of drug-likeness (QED) is 0.332. The van der Waals surface area contributed by atoms with E-state index in [9.17, 15) is 18.0 Å². The highest BCUT2D eigenvalue weighted by atomic mass is 32.2. The van der Waals surface area contributed by atoms with Gasteiger partial charge in [-0.05, 0) is 86.0 Å². The molecular formula is C28H28F3NO2S. The van der Waals surface area contributed by atoms with Crippen molar-refractivity contribution in [3.8, 4) is 11.1 Å². The van der Waals surface area contributed by atoms with E-state index in [1.165, 1.54) is 0 Å². The highest BCUT2D eigenvalue weighted by molar-refractivity contribution is 7.98. The Morgan fingerprint density at radius 3 is 2.37 bits per heavy atom. The second-order valence-electron chi connectivity index (χ2n) is 9.14. The van der Waals surface area contributed by atoms with Crippen molar-refractivity contribution < 1.29 is 22.7 Å². The number of rotatable bonds is 5. The van der Waals surface area contributed by atoms with Gasteiger partial charge in [0.05, 0.1) is 18.2 Å². The van der Waals surface area contributed by atoms with E-state index in [2.05, 4.69) is 37.3 Å². The molecule has 0 aromatic heterocycles. The first-order valence-corrected chi connectivity index (χ1v) is 12.6. The third-order valence-electron chi connectivity index (χ3n) is 6.48. The van der Waals surface area contributed by atoms with Crippen molar-refractivity contribution in [2.45, 2.75) is 57.5 Å². The van der Waals surface area contributed by atoms with Crippen molar-refractivity contribution in [1.29, 1.82) is 0 Å². The van der Waals surface area contributed by atoms with Gasteiger partial charge in [-0.1, -0.05) is 41.5 Å². The summed E-state index contributed by atoms with van der Waals surface area (Å²) in [6, 6.07) is 15.9. The number of carbonyl (C=O) groups excluding carboxylic acids is 1. The molecule has 1 aliphatic heterocycles. The van der Waals surface area contributed by atoms with E-state index in [0.717, 1.165) is 44.8 Å². The summed E-state index contributed by atoms with van der Waals surface area (Å²) >= 11 is 1.67. The predicted molar refractivity (Wildman–Crippen MR) is 134 cm³/mol. The van der Waals surface area contributed by atoms with Gasteiger partial charge in [0, 0.05) is 4.90 Å². The Morgan fingerprint density at radius 1 is 0.943 bits per heavy atom. The smallest absolute Gasteiger partial charge is 0.416 e. The number of thioether (sulfide) groups is 1. The summed E-state index contributed by atoms with van der Waals surface area (Å²) in [5.41, 5.74) is 5.38. The molecule has 1 fully saturated rings. The molecule has 0 bridgehead atoms. The molecule has 0 N–H and O–H groups in total. The molecule has 3 nitrogen and oxygen atoms in total. The van der Waals surface area contributed by atoms with Crippen LogP contribution in [0.5, 0.6) is 0 Å². The maximum absolute atomic E-state index is 13.4. The molecule has 0 unspecified atom stereocenters. The van der Waals surface area contributed by atoms with Crippen LogP contribution in [-0.4, -0.2) is 23.3 Å². The van der Waals surface area contributed by atoms with Crippen molar-refractivity contribution in [3.63, 3.8) is 0 Å². The number of cyclic esters (lactones) is 1. The van der Waals surface area contributed by atoms with Gasteiger partial charge in [0.15, 0.2) is 0 Å². The SMILES string of the molecule is CSc1ccc(C)c(-c2ccc(C)cc2CN2C(=O)O[C@H](c3cc(C)cc(C(F)(F)F)c3)[C@@H]2C)c1. The van der Waals surface area contributed by atoms with Gasteiger partial charge in [-0.3, -0.25) is 4.90 Å². The van der Waals surface area contributed by atoms with E-state index >= 15 is 0 Å². The summed E-state index contributed by atoms with van der Waals surface area (Å²) in [4.78, 5) is 15.7. The number of amides is 1. The lowest BCUT2D eigenvalue weighted by atomic mass is 9.93. The highest BCUT2D eigenvalue weighted by Crippen LogP contribution is 2.39. The summed E-state index contributed by atoms with van der Waals surface area (Å²) in [7, 11) is 0. The molecule has 1 amide bonds. The van der Waals surface area contributed by atoms with Gasteiger partial charge >= 0.3 is 12.3 Å². The van der Waals surface area contributed by atoms with Crippen LogP contribution in [0.4, 0.5) is 18.0 Å². The molecule has 0 saturated carbocycles. The largest absolute Gasteiger partial charge is 0.439 e. The molecule has 2 atom stereocenters. The lowest BCUT2D eigenvalue weighted by Crippen LogP contribution is -2.31. The topological polar surface area (TPSA) is 29.5 Å². The summed E-state index contributed by atoms with van der Waals surface area (Å²) in [5.74, 6) is 0. The summed E-state index contributed by atoms with van der Waals surface area (Å²) in [5, 5.41) is 0. The van der Waals surface area contributed by atoms with E-state index < -0.39 is 30.0 Å². The maximum atomic E-state index is 13.4. The highest BCUT2D eigenvalue weighted by Gasteiger charge is 2.41. The molecule has 1 aliphatic rings. The van der Waals surface area contributed by atoms with Crippen molar-refractivity contribution in [2.24, 2.45) is 0 Å². The number of nitrogens with zero attached hydrogens (tertiary/aromatic N) is 1. The zero-order valence-electron chi connectivity index (χ0n) is 20.4. The monoisotopic (exact) mass is 499 g/mol. The Kier molecular flexibility index (Phi) is 6.91. The van der Waals surface area contributed by atoms with Crippen molar-refractivity contribution in [2.75, 3.05) is 6.26 Å². The minimum absolute atomic E-state index is 0.300. The van der Waals surface area contributed by atoms with Gasteiger partial charge < -0.3 is 4.74 Å². The third-order valence-corrected chi connectivity index (χ3v) is 7.21. The van der Waals surface area contributed by atoms with Crippen LogP contribution in [0.2, 0.25) is 0 Å². The van der Waals surface area contributed by atoms with Crippen LogP contribution in [0.15, 0.2) is 59.5 Å². The molecule has 3 aromatic rings. The van der Waals surface area contributed by atoms with E-state index in [1.54, 1.807) is 29.7 Å². The van der Waals surface area contributed by atoms with Gasteiger partial charge in [-0.25, -0.2) is 4.79 Å². The Hall–Kier alpha value is -2.93. The van der Waals surface area contributed by atoms with Crippen LogP contribution >= 0.6 is 11.8 Å². The summed E-state index contributed by atoms with van der Waals surface area (Å²) in [6.07, 6.45) is -3.74. The van der Waals surface area contributed by atoms with Crippen molar-refractivity contribution in [3.05, 3.63) is 88.0 Å². The lowest BCUT2D eigenvalue weighted by molar-refractivity contribution is -0.137. The van der Waals surface area contributed by atoms with Crippen LogP contribution in [-0.2, 0) is 17.5 Å². The first-order valence-electron chi connectivity index (χ1n) is 11.4. The van der Waals surface area contributed by atoms with Crippen LogP contribution in [0.3, 0.4) is 0 Å². The normalized spacial score (nSPS) is 18.2. The maximum Gasteiger partial charge on any atom is 0.416 e. The van der Waals surface area contributed by atoms with Crippen molar-refractivity contribution >= 4 is 17.9 Å². The summed E-state index contributed by atoms with van der Waals surface area (Å²) in [6.45, 7) is 7.79. The number of hydrogen-bond donors (Lipinski definition) is 0. The van der Waals surface area contributed by atoms with E-state index in [4.69, 9.17) is 4.74 Å². The Labute approximate surface area is 208 Å². The van der Waals surface area contributed by atoms with Crippen LogP contribution in [0.25, 0.3) is 11.1 Å². The number of halogens is 3. The average molecular weight is 500 g/mol. The van der Waals surface area contributed by atoms with Crippen LogP contribution < -0.4 is 0 Å². The zero-order chi connectivity index (χ0) is 25.5. The fraction of sp³-hybridized carbons (Fsp3) is 0.321. The van der Waals surface area contributed by atoms with Gasteiger partial charge in [-0.2, -0.15) is 13.2 Å². The van der Waals surface area contributed by atoms with Gasteiger partial charge in [0.2, 0.25) is 0 Å². The average Bonchev–Trinajstić information content (AvgIpc) is 3.07. The third kappa shape index (κ3) is 5.20. The fourth-order valence-electron chi connectivity index (χ4n) is 4.62. The molecule has 0 radical (unpaired) electrons. The number of carbonyl (C=O) groups is 1. The second kappa shape index (κ2) is 9.61. The number of aryl methyl sites for hydroxylation is 3. The lowest BCUT2D eigenvalue weighted by Gasteiger charge is -2.23. The Bertz CT molecular complexity index is 1270. The molecule has 1 saturated heterocycles. The first kappa shape index (κ1) is 25.2. The molecular weight excluding hydrogens is 471 g/mol. The summed E-state index contributed by atoms with van der Waals surface area (Å²) < 4.78 is 45.8. The van der Waals surface area contributed by atoms with Gasteiger partial charge in [0.25, 0.3) is 0 Å². The Balaban J connectivity index is 1.68. The molecule has 0 aliphatic carbocycles. The van der Waals surface area contributed by atoms with Crippen molar-refractivity contribution in [1.82, 2.24) is 4.90 Å². The molecule has 7 heteroatoms. The first-order chi connectivity index (χ1) is 16.5. The molecule has 3 aromatic carbocycles. The molecule has 0 spiro atoms. The van der Waals surface area contributed by atoms with Crippen LogP contribution in [0, 0.1) is 20.8 Å². The molecule has 184 valence electrons. The standard InChI is InChI=1S/C28H28F3NO2S/c1-16-6-9-24(25-14-23(35-5)8-7-18(25)3)21(10-16)15-32-19(4)26(34-27(32)33)20-11-17(2)12-22(13-20)28(29,30)31/h6-14,19,26H,15H2,1-5H3/t19-,26-/m0/s1. The van der Waals surface area contributed by atoms with Gasteiger partial charge in [-0.15, -0.1) is 11.8 Å². The number of benzene rings is 3. The van der Waals surface area contributed by atoms with E-state index in [1.807, 2.05) is 26.2 Å². The predicted octanol–water partition coefficient (Wildman–Crippen LogP) is 8.10. The molecule has 4 rings (SSSR count). The molecule has 35 heavy (non-hydrogen) atoms. The van der Waals surface area contributed by atoms with E-state index in [-0.39, 0.29) is 0 Å². The number of ether oxygens (including phenoxy) is 1. The minimum Gasteiger partial charge on any atom is -0.439 e. The second-order valence-corrected chi connectivity index (χ2v) is 10.0. The number of hydrogen-bond acceptors (Lipinski definition) is 3. The zero-order valence-corrected chi connectivity index (χ0v) is 21.2. The fourth-order valence-corrected chi connectivity index (χ4v) is 5.06. The van der Waals surface area contributed by atoms with Crippen LogP contribution in [0.1, 0.15) is 46.4 Å². The molecule has 1 heterocycles. The Morgan fingerprint density at radius 2 is 1.69 bits per heavy atom. The number of alkyl halides is 3. The minimum atomic E-state index is -4.47. The van der Waals surface area contributed by atoms with E-state index in [0.29, 0.717) is 17.7 Å². The van der Waals surface area contributed by atoms with Gasteiger partial charge in [0.1, 0.15) is 6.10 Å².